The molecule has 0 unspecified atom stereocenters. The van der Waals surface area contributed by atoms with Crippen molar-refractivity contribution in [3.8, 4) is 11.3 Å². The van der Waals surface area contributed by atoms with Crippen molar-refractivity contribution in [3.05, 3.63) is 71.9 Å². The summed E-state index contributed by atoms with van der Waals surface area (Å²) in [6, 6.07) is 18.0. The van der Waals surface area contributed by atoms with Gasteiger partial charge in [0.25, 0.3) is 5.91 Å². The first-order valence-corrected chi connectivity index (χ1v) is 9.05. The summed E-state index contributed by atoms with van der Waals surface area (Å²) >= 11 is 1.67. The maximum Gasteiger partial charge on any atom is 0.253 e. The number of amides is 1. The number of rotatable bonds is 5. The van der Waals surface area contributed by atoms with Crippen LogP contribution in [0.5, 0.6) is 0 Å². The fraction of sp³-hybridized carbons (Fsp3) is 0.200. The van der Waals surface area contributed by atoms with E-state index in [4.69, 9.17) is 0 Å². The first kappa shape index (κ1) is 17.3. The second kappa shape index (κ2) is 7.57. The summed E-state index contributed by atoms with van der Waals surface area (Å²) in [5.41, 5.74) is 4.08. The van der Waals surface area contributed by atoms with Crippen LogP contribution in [0.1, 0.15) is 15.9 Å². The Morgan fingerprint density at radius 2 is 1.88 bits per heavy atom. The van der Waals surface area contributed by atoms with Gasteiger partial charge in [-0.2, -0.15) is 0 Å². The van der Waals surface area contributed by atoms with E-state index < -0.39 is 0 Å². The van der Waals surface area contributed by atoms with E-state index in [0.29, 0.717) is 5.56 Å². The third kappa shape index (κ3) is 3.94. The van der Waals surface area contributed by atoms with Crippen molar-refractivity contribution in [1.82, 2.24) is 14.5 Å². The number of aromatic nitrogens is 2. The molecule has 5 heteroatoms. The smallest absolute Gasteiger partial charge is 0.253 e. The van der Waals surface area contributed by atoms with Crippen molar-refractivity contribution in [3.63, 3.8) is 0 Å². The van der Waals surface area contributed by atoms with Crippen molar-refractivity contribution in [2.24, 2.45) is 7.05 Å². The van der Waals surface area contributed by atoms with Crippen LogP contribution in [-0.4, -0.2) is 34.5 Å². The van der Waals surface area contributed by atoms with Crippen molar-refractivity contribution in [2.75, 3.05) is 14.1 Å². The van der Waals surface area contributed by atoms with E-state index in [1.165, 1.54) is 0 Å². The number of benzene rings is 2. The van der Waals surface area contributed by atoms with Crippen molar-refractivity contribution in [2.45, 2.75) is 10.9 Å². The molecular formula is C20H21N3OS. The summed E-state index contributed by atoms with van der Waals surface area (Å²) in [5, 5.41) is 0.961. The van der Waals surface area contributed by atoms with Crippen molar-refractivity contribution in [1.29, 1.82) is 0 Å². The normalized spacial score (nSPS) is 10.7. The summed E-state index contributed by atoms with van der Waals surface area (Å²) < 4.78 is 2.11. The molecule has 0 fully saturated rings. The average molecular weight is 351 g/mol. The molecule has 0 radical (unpaired) electrons. The number of hydrogen-bond donors (Lipinski definition) is 0. The largest absolute Gasteiger partial charge is 0.345 e. The molecule has 25 heavy (non-hydrogen) atoms. The predicted molar refractivity (Wildman–Crippen MR) is 103 cm³/mol. The highest BCUT2D eigenvalue weighted by Crippen LogP contribution is 2.27. The van der Waals surface area contributed by atoms with Crippen LogP contribution in [0, 0.1) is 0 Å². The fourth-order valence-electron chi connectivity index (χ4n) is 2.60. The number of thioether (sulfide) groups is 1. The van der Waals surface area contributed by atoms with Gasteiger partial charge in [0.1, 0.15) is 0 Å². The lowest BCUT2D eigenvalue weighted by atomic mass is 10.1. The maximum absolute atomic E-state index is 12.1. The Bertz CT molecular complexity index is 872. The third-order valence-corrected chi connectivity index (χ3v) is 5.08. The lowest BCUT2D eigenvalue weighted by molar-refractivity contribution is 0.0827. The maximum atomic E-state index is 12.1. The molecule has 1 aromatic heterocycles. The van der Waals surface area contributed by atoms with Crippen LogP contribution in [-0.2, 0) is 12.8 Å². The number of imidazole rings is 1. The number of nitrogens with zero attached hydrogens (tertiary/aromatic N) is 3. The van der Waals surface area contributed by atoms with Crippen molar-refractivity contribution >= 4 is 17.7 Å². The molecule has 0 aliphatic rings. The summed E-state index contributed by atoms with van der Waals surface area (Å²) in [7, 11) is 5.56. The molecular weight excluding hydrogens is 330 g/mol. The second-order valence-electron chi connectivity index (χ2n) is 6.04. The molecule has 0 aliphatic heterocycles. The van der Waals surface area contributed by atoms with E-state index in [1.807, 2.05) is 55.7 Å². The number of carbonyl (C=O) groups is 1. The van der Waals surface area contributed by atoms with Crippen LogP contribution in [0.3, 0.4) is 0 Å². The Labute approximate surface area is 152 Å². The Balaban J connectivity index is 1.74. The molecule has 0 N–H and O–H groups in total. The molecule has 2 aromatic carbocycles. The van der Waals surface area contributed by atoms with E-state index >= 15 is 0 Å². The van der Waals surface area contributed by atoms with Crippen LogP contribution in [0.15, 0.2) is 66.0 Å². The number of hydrogen-bond acceptors (Lipinski definition) is 3. The van der Waals surface area contributed by atoms with E-state index in [0.717, 1.165) is 27.7 Å². The molecule has 0 atom stereocenters. The molecule has 0 bridgehead atoms. The van der Waals surface area contributed by atoms with Gasteiger partial charge < -0.3 is 9.47 Å². The van der Waals surface area contributed by atoms with Gasteiger partial charge in [-0.25, -0.2) is 4.98 Å². The quantitative estimate of drug-likeness (QED) is 0.650. The second-order valence-corrected chi connectivity index (χ2v) is 6.98. The highest BCUT2D eigenvalue weighted by molar-refractivity contribution is 7.98. The van der Waals surface area contributed by atoms with Gasteiger partial charge in [0.15, 0.2) is 5.16 Å². The summed E-state index contributed by atoms with van der Waals surface area (Å²) in [5.74, 6) is 0.795. The standard InChI is InChI=1S/C20H21N3OS/c1-22(2)19(24)17-11-7-8-15(12-17)14-25-20-21-13-18(23(20)3)16-9-5-4-6-10-16/h4-13H,14H2,1-3H3. The van der Waals surface area contributed by atoms with Gasteiger partial charge >= 0.3 is 0 Å². The molecule has 128 valence electrons. The van der Waals surface area contributed by atoms with Crippen LogP contribution in [0.25, 0.3) is 11.3 Å². The van der Waals surface area contributed by atoms with Gasteiger partial charge in [0.05, 0.1) is 11.9 Å². The van der Waals surface area contributed by atoms with Crippen LogP contribution >= 0.6 is 11.8 Å². The van der Waals surface area contributed by atoms with Gasteiger partial charge in [-0.05, 0) is 23.3 Å². The van der Waals surface area contributed by atoms with E-state index in [9.17, 15) is 4.79 Å². The topological polar surface area (TPSA) is 38.1 Å². The monoisotopic (exact) mass is 351 g/mol. The third-order valence-electron chi connectivity index (χ3n) is 3.96. The molecule has 1 heterocycles. The lowest BCUT2D eigenvalue weighted by Crippen LogP contribution is -2.21. The zero-order chi connectivity index (χ0) is 17.8. The molecule has 1 amide bonds. The van der Waals surface area contributed by atoms with Crippen LogP contribution in [0.2, 0.25) is 0 Å². The minimum Gasteiger partial charge on any atom is -0.345 e. The zero-order valence-electron chi connectivity index (χ0n) is 14.6. The molecule has 0 spiro atoms. The first-order valence-electron chi connectivity index (χ1n) is 8.07. The predicted octanol–water partition coefficient (Wildman–Crippen LogP) is 4.08. The summed E-state index contributed by atoms with van der Waals surface area (Å²) in [6.07, 6.45) is 1.91. The van der Waals surface area contributed by atoms with Gasteiger partial charge in [-0.15, -0.1) is 0 Å². The summed E-state index contributed by atoms with van der Waals surface area (Å²) in [4.78, 5) is 18.2. The van der Waals surface area contributed by atoms with Gasteiger partial charge in [0, 0.05) is 32.5 Å². The zero-order valence-corrected chi connectivity index (χ0v) is 15.5. The molecule has 3 rings (SSSR count). The summed E-state index contributed by atoms with van der Waals surface area (Å²) in [6.45, 7) is 0. The first-order chi connectivity index (χ1) is 12.1. The average Bonchev–Trinajstić information content (AvgIpc) is 3.01. The Morgan fingerprint density at radius 1 is 1.12 bits per heavy atom. The number of carbonyl (C=O) groups excluding carboxylic acids is 1. The highest BCUT2D eigenvalue weighted by atomic mass is 32.2. The van der Waals surface area contributed by atoms with Crippen LogP contribution in [0.4, 0.5) is 0 Å². The lowest BCUT2D eigenvalue weighted by Gasteiger charge is -2.11. The van der Waals surface area contributed by atoms with Crippen molar-refractivity contribution < 1.29 is 4.79 Å². The Kier molecular flexibility index (Phi) is 5.24. The fourth-order valence-corrected chi connectivity index (χ4v) is 3.50. The minimum atomic E-state index is 0.0233. The minimum absolute atomic E-state index is 0.0233. The van der Waals surface area contributed by atoms with Gasteiger partial charge in [-0.3, -0.25) is 4.79 Å². The molecule has 0 saturated heterocycles. The van der Waals surface area contributed by atoms with Crippen LogP contribution < -0.4 is 0 Å². The Morgan fingerprint density at radius 3 is 2.60 bits per heavy atom. The van der Waals surface area contributed by atoms with E-state index in [-0.39, 0.29) is 5.91 Å². The van der Waals surface area contributed by atoms with Gasteiger partial charge in [-0.1, -0.05) is 54.2 Å². The molecule has 4 nitrogen and oxygen atoms in total. The highest BCUT2D eigenvalue weighted by Gasteiger charge is 2.11. The molecule has 3 aromatic rings. The molecule has 0 aliphatic carbocycles. The Hall–Kier alpha value is -2.53. The van der Waals surface area contributed by atoms with Gasteiger partial charge in [0.2, 0.25) is 0 Å². The molecule has 0 saturated carbocycles. The van der Waals surface area contributed by atoms with E-state index in [1.54, 1.807) is 30.8 Å². The van der Waals surface area contributed by atoms with E-state index in [2.05, 4.69) is 21.7 Å². The SMILES string of the molecule is CN(C)C(=O)c1cccc(CSc2ncc(-c3ccccc3)n2C)c1.